The van der Waals surface area contributed by atoms with Gasteiger partial charge in [-0.05, 0) is 12.1 Å². The van der Waals surface area contributed by atoms with E-state index in [1.165, 1.54) is 6.07 Å². The molecule has 1 atom stereocenters. The Morgan fingerprint density at radius 3 is 2.87 bits per heavy atom. The van der Waals surface area contributed by atoms with Crippen molar-refractivity contribution in [3.8, 4) is 11.5 Å². The lowest BCUT2D eigenvalue weighted by molar-refractivity contribution is -0.134. The zero-order chi connectivity index (χ0) is 11.0. The van der Waals surface area contributed by atoms with Crippen LogP contribution in [-0.2, 0) is 4.79 Å². The molecule has 0 fully saturated rings. The van der Waals surface area contributed by atoms with E-state index in [-0.39, 0.29) is 29.3 Å². The minimum absolute atomic E-state index is 0.0168. The molecular weight excluding hydrogens is 196 g/mol. The third-order valence-electron chi connectivity index (χ3n) is 2.40. The summed E-state index contributed by atoms with van der Waals surface area (Å²) in [6.07, 6.45) is 0.0486. The van der Waals surface area contributed by atoms with Gasteiger partial charge < -0.3 is 9.84 Å². The second-order valence-electron chi connectivity index (χ2n) is 3.60. The summed E-state index contributed by atoms with van der Waals surface area (Å²) in [5.74, 6) is -1.26. The van der Waals surface area contributed by atoms with Gasteiger partial charge in [0, 0.05) is 5.92 Å². The van der Waals surface area contributed by atoms with E-state index in [2.05, 4.69) is 0 Å². The smallest absolute Gasteiger partial charge is 0.312 e. The van der Waals surface area contributed by atoms with Crippen LogP contribution in [0.1, 0.15) is 23.7 Å². The second kappa shape index (κ2) is 3.38. The Kier molecular flexibility index (Phi) is 2.19. The van der Waals surface area contributed by atoms with Gasteiger partial charge >= 0.3 is 5.97 Å². The van der Waals surface area contributed by atoms with E-state index < -0.39 is 11.9 Å². The van der Waals surface area contributed by atoms with Crippen LogP contribution in [0.15, 0.2) is 18.2 Å². The normalized spacial score (nSPS) is 20.5. The Hall–Kier alpha value is -1.84. The van der Waals surface area contributed by atoms with Crippen molar-refractivity contribution < 1.29 is 19.4 Å². The first kappa shape index (κ1) is 9.71. The summed E-state index contributed by atoms with van der Waals surface area (Å²) in [4.78, 5) is 23.1. The minimum Gasteiger partial charge on any atom is -0.504 e. The SMILES string of the molecule is C[C@@H]1CC(=O)Oc2c(O)cccc2C1=O. The summed E-state index contributed by atoms with van der Waals surface area (Å²) in [5.41, 5.74) is 0.272. The maximum atomic E-state index is 11.8. The largest absolute Gasteiger partial charge is 0.504 e. The highest BCUT2D eigenvalue weighted by molar-refractivity contribution is 6.04. The maximum Gasteiger partial charge on any atom is 0.312 e. The molecule has 15 heavy (non-hydrogen) atoms. The van der Waals surface area contributed by atoms with Crippen LogP contribution in [0.5, 0.6) is 11.5 Å². The van der Waals surface area contributed by atoms with Gasteiger partial charge in [-0.3, -0.25) is 9.59 Å². The second-order valence-corrected chi connectivity index (χ2v) is 3.60. The molecule has 1 heterocycles. The number of ether oxygens (including phenoxy) is 1. The van der Waals surface area contributed by atoms with Crippen molar-refractivity contribution in [1.82, 2.24) is 0 Å². The third-order valence-corrected chi connectivity index (χ3v) is 2.40. The summed E-state index contributed by atoms with van der Waals surface area (Å²) >= 11 is 0. The van der Waals surface area contributed by atoms with Crippen LogP contribution in [0.4, 0.5) is 0 Å². The minimum atomic E-state index is -0.490. The molecule has 1 aromatic rings. The molecule has 2 rings (SSSR count). The summed E-state index contributed by atoms with van der Waals surface area (Å²) < 4.78 is 4.92. The molecule has 0 radical (unpaired) electrons. The number of hydrogen-bond donors (Lipinski definition) is 1. The molecule has 1 aliphatic rings. The Labute approximate surface area is 86.5 Å². The molecule has 1 N–H and O–H groups in total. The number of phenolic OH excluding ortho intramolecular Hbond substituents is 1. The van der Waals surface area contributed by atoms with Crippen LogP contribution in [0.3, 0.4) is 0 Å². The molecule has 4 heteroatoms. The lowest BCUT2D eigenvalue weighted by Crippen LogP contribution is -2.13. The molecule has 78 valence electrons. The zero-order valence-electron chi connectivity index (χ0n) is 8.19. The molecule has 0 amide bonds. The molecule has 1 aliphatic heterocycles. The Balaban J connectivity index is 2.59. The topological polar surface area (TPSA) is 63.6 Å². The molecule has 0 unspecified atom stereocenters. The molecule has 0 saturated carbocycles. The van der Waals surface area contributed by atoms with E-state index in [9.17, 15) is 14.7 Å². The number of esters is 1. The molecular formula is C11H10O4. The Morgan fingerprint density at radius 2 is 2.13 bits per heavy atom. The number of Topliss-reactive ketones (excluding diaryl/α,β-unsaturated/α-hetero) is 1. The lowest BCUT2D eigenvalue weighted by Gasteiger charge is -2.06. The van der Waals surface area contributed by atoms with Gasteiger partial charge in [0.15, 0.2) is 17.3 Å². The summed E-state index contributed by atoms with van der Waals surface area (Å²) in [7, 11) is 0. The number of carbonyl (C=O) groups excluding carboxylic acids is 2. The summed E-state index contributed by atoms with van der Waals surface area (Å²) in [5, 5.41) is 9.47. The van der Waals surface area contributed by atoms with Gasteiger partial charge in [-0.1, -0.05) is 13.0 Å². The number of ketones is 1. The van der Waals surface area contributed by atoms with Crippen LogP contribution < -0.4 is 4.74 Å². The van der Waals surface area contributed by atoms with Gasteiger partial charge in [0.1, 0.15) is 0 Å². The first-order valence-corrected chi connectivity index (χ1v) is 4.66. The molecule has 0 spiro atoms. The fourth-order valence-corrected chi connectivity index (χ4v) is 1.59. The van der Waals surface area contributed by atoms with Crippen molar-refractivity contribution in [2.75, 3.05) is 0 Å². The fourth-order valence-electron chi connectivity index (χ4n) is 1.59. The first-order valence-electron chi connectivity index (χ1n) is 4.66. The van der Waals surface area contributed by atoms with Crippen LogP contribution in [0.2, 0.25) is 0 Å². The van der Waals surface area contributed by atoms with E-state index in [1.54, 1.807) is 19.1 Å². The van der Waals surface area contributed by atoms with Crippen LogP contribution in [-0.4, -0.2) is 16.9 Å². The molecule has 4 nitrogen and oxygen atoms in total. The number of benzene rings is 1. The van der Waals surface area contributed by atoms with E-state index >= 15 is 0 Å². The van der Waals surface area contributed by atoms with Crippen molar-refractivity contribution in [1.29, 1.82) is 0 Å². The summed E-state index contributed by atoms with van der Waals surface area (Å²) in [6, 6.07) is 4.49. The quantitative estimate of drug-likeness (QED) is 0.516. The monoisotopic (exact) mass is 206 g/mol. The number of fused-ring (bicyclic) bond motifs is 1. The number of hydrogen-bond acceptors (Lipinski definition) is 4. The van der Waals surface area contributed by atoms with Crippen molar-refractivity contribution in [2.45, 2.75) is 13.3 Å². The van der Waals surface area contributed by atoms with Crippen LogP contribution >= 0.6 is 0 Å². The first-order chi connectivity index (χ1) is 7.09. The maximum absolute atomic E-state index is 11.8. The Morgan fingerprint density at radius 1 is 1.40 bits per heavy atom. The third kappa shape index (κ3) is 1.58. The number of para-hydroxylation sites is 1. The average Bonchev–Trinajstić information content (AvgIpc) is 2.29. The van der Waals surface area contributed by atoms with Crippen molar-refractivity contribution in [2.24, 2.45) is 5.92 Å². The Bertz CT molecular complexity index is 436. The number of phenols is 1. The highest BCUT2D eigenvalue weighted by Crippen LogP contribution is 2.34. The van der Waals surface area contributed by atoms with Crippen LogP contribution in [0, 0.1) is 5.92 Å². The number of carbonyl (C=O) groups is 2. The van der Waals surface area contributed by atoms with Crippen molar-refractivity contribution in [3.63, 3.8) is 0 Å². The lowest BCUT2D eigenvalue weighted by atomic mass is 9.97. The fraction of sp³-hybridized carbons (Fsp3) is 0.273. The number of aromatic hydroxyl groups is 1. The van der Waals surface area contributed by atoms with Gasteiger partial charge in [-0.25, -0.2) is 0 Å². The highest BCUT2D eigenvalue weighted by atomic mass is 16.5. The molecule has 0 aromatic heterocycles. The molecule has 1 aromatic carbocycles. The van der Waals surface area contributed by atoms with E-state index in [0.717, 1.165) is 0 Å². The van der Waals surface area contributed by atoms with Gasteiger partial charge in [0.2, 0.25) is 0 Å². The van der Waals surface area contributed by atoms with Crippen LogP contribution in [0.25, 0.3) is 0 Å². The van der Waals surface area contributed by atoms with Crippen molar-refractivity contribution in [3.05, 3.63) is 23.8 Å². The number of rotatable bonds is 0. The van der Waals surface area contributed by atoms with Gasteiger partial charge in [0.05, 0.1) is 12.0 Å². The predicted octanol–water partition coefficient (Wildman–Crippen LogP) is 1.52. The van der Waals surface area contributed by atoms with E-state index in [0.29, 0.717) is 0 Å². The van der Waals surface area contributed by atoms with Crippen molar-refractivity contribution >= 4 is 11.8 Å². The molecule has 0 saturated heterocycles. The standard InChI is InChI=1S/C11H10O4/c1-6-5-9(13)15-11-7(10(6)14)3-2-4-8(11)12/h2-4,6,12H,5H2,1H3/t6-/m1/s1. The molecule has 0 bridgehead atoms. The molecule has 0 aliphatic carbocycles. The van der Waals surface area contributed by atoms with Gasteiger partial charge in [-0.15, -0.1) is 0 Å². The zero-order valence-corrected chi connectivity index (χ0v) is 8.19. The average molecular weight is 206 g/mol. The van der Waals surface area contributed by atoms with E-state index in [1.807, 2.05) is 0 Å². The predicted molar refractivity (Wildman–Crippen MR) is 51.9 cm³/mol. The van der Waals surface area contributed by atoms with Gasteiger partial charge in [-0.2, -0.15) is 0 Å². The summed E-state index contributed by atoms with van der Waals surface area (Å²) in [6.45, 7) is 1.67. The highest BCUT2D eigenvalue weighted by Gasteiger charge is 2.29. The van der Waals surface area contributed by atoms with Gasteiger partial charge in [0.25, 0.3) is 0 Å². The van der Waals surface area contributed by atoms with E-state index in [4.69, 9.17) is 4.74 Å².